The lowest BCUT2D eigenvalue weighted by Crippen LogP contribution is -2.31. The smallest absolute Gasteiger partial charge is 0.269 e. The van der Waals surface area contributed by atoms with Crippen molar-refractivity contribution in [1.82, 2.24) is 10.2 Å². The number of halogens is 1. The van der Waals surface area contributed by atoms with Crippen molar-refractivity contribution in [2.24, 2.45) is 0 Å². The number of nitro groups is 1. The largest absolute Gasteiger partial charge is 0.383 e. The number of likely N-dealkylation sites (N-methyl/N-ethyl adjacent to an activating group) is 1. The first-order valence-electron chi connectivity index (χ1n) is 6.35. The normalized spacial score (nSPS) is 11.0. The molecule has 0 saturated heterocycles. The van der Waals surface area contributed by atoms with Crippen LogP contribution in [-0.4, -0.2) is 50.2 Å². The van der Waals surface area contributed by atoms with Gasteiger partial charge in [0.2, 0.25) is 0 Å². The Labute approximate surface area is 123 Å². The van der Waals surface area contributed by atoms with Crippen molar-refractivity contribution in [3.05, 3.63) is 38.9 Å². The van der Waals surface area contributed by atoms with Gasteiger partial charge in [-0.1, -0.05) is 11.6 Å². The van der Waals surface area contributed by atoms with E-state index in [9.17, 15) is 10.1 Å². The van der Waals surface area contributed by atoms with E-state index in [0.29, 0.717) is 18.2 Å². The van der Waals surface area contributed by atoms with Crippen LogP contribution in [0.15, 0.2) is 18.2 Å². The summed E-state index contributed by atoms with van der Waals surface area (Å²) in [5.41, 5.74) is 0.795. The van der Waals surface area contributed by atoms with Crippen LogP contribution in [0.5, 0.6) is 0 Å². The maximum atomic E-state index is 10.7. The molecule has 0 heterocycles. The molecule has 0 spiro atoms. The van der Waals surface area contributed by atoms with E-state index < -0.39 is 4.92 Å². The first-order chi connectivity index (χ1) is 9.54. The second-order valence-electron chi connectivity index (χ2n) is 4.51. The van der Waals surface area contributed by atoms with E-state index in [1.807, 2.05) is 7.05 Å². The summed E-state index contributed by atoms with van der Waals surface area (Å²) >= 11 is 6.02. The van der Waals surface area contributed by atoms with Crippen molar-refractivity contribution in [3.8, 4) is 0 Å². The third kappa shape index (κ3) is 5.83. The summed E-state index contributed by atoms with van der Waals surface area (Å²) in [6, 6.07) is 4.47. The maximum Gasteiger partial charge on any atom is 0.269 e. The van der Waals surface area contributed by atoms with Crippen LogP contribution in [0.1, 0.15) is 5.56 Å². The molecule has 112 valence electrons. The molecule has 1 aromatic carbocycles. The van der Waals surface area contributed by atoms with Gasteiger partial charge in [-0.3, -0.25) is 10.1 Å². The fourth-order valence-electron chi connectivity index (χ4n) is 1.66. The Hall–Kier alpha value is -1.21. The van der Waals surface area contributed by atoms with Crippen LogP contribution in [0, 0.1) is 10.1 Å². The van der Waals surface area contributed by atoms with Crippen LogP contribution in [0.2, 0.25) is 5.02 Å². The van der Waals surface area contributed by atoms with Gasteiger partial charge in [0.05, 0.1) is 11.5 Å². The average molecular weight is 302 g/mol. The van der Waals surface area contributed by atoms with Crippen molar-refractivity contribution in [2.75, 3.05) is 40.4 Å². The lowest BCUT2D eigenvalue weighted by atomic mass is 10.2. The van der Waals surface area contributed by atoms with Crippen molar-refractivity contribution >= 4 is 17.3 Å². The highest BCUT2D eigenvalue weighted by Gasteiger charge is 2.09. The van der Waals surface area contributed by atoms with E-state index in [2.05, 4.69) is 10.2 Å². The van der Waals surface area contributed by atoms with Crippen LogP contribution in [0.25, 0.3) is 0 Å². The lowest BCUT2D eigenvalue weighted by Gasteiger charge is -2.16. The summed E-state index contributed by atoms with van der Waals surface area (Å²) in [5.74, 6) is 0. The highest BCUT2D eigenvalue weighted by molar-refractivity contribution is 6.31. The fourth-order valence-corrected chi connectivity index (χ4v) is 1.85. The summed E-state index contributed by atoms with van der Waals surface area (Å²) in [4.78, 5) is 12.4. The van der Waals surface area contributed by atoms with Crippen molar-refractivity contribution in [2.45, 2.75) is 6.54 Å². The summed E-state index contributed by atoms with van der Waals surface area (Å²) in [6.45, 7) is 3.73. The Morgan fingerprint density at radius 1 is 1.45 bits per heavy atom. The number of nitrogens with one attached hydrogen (secondary N) is 1. The van der Waals surface area contributed by atoms with E-state index in [1.165, 1.54) is 12.1 Å². The van der Waals surface area contributed by atoms with E-state index in [4.69, 9.17) is 16.3 Å². The average Bonchev–Trinajstić information content (AvgIpc) is 2.42. The molecule has 0 atom stereocenters. The Bertz CT molecular complexity index is 443. The third-order valence-electron chi connectivity index (χ3n) is 2.90. The topological polar surface area (TPSA) is 67.6 Å². The van der Waals surface area contributed by atoms with Gasteiger partial charge in [0.25, 0.3) is 5.69 Å². The number of nitro benzene ring substituents is 1. The quantitative estimate of drug-likeness (QED) is 0.429. The maximum absolute atomic E-state index is 10.7. The molecule has 0 radical (unpaired) electrons. The number of hydrogen-bond acceptors (Lipinski definition) is 5. The summed E-state index contributed by atoms with van der Waals surface area (Å²) in [5, 5.41) is 14.5. The van der Waals surface area contributed by atoms with E-state index >= 15 is 0 Å². The van der Waals surface area contributed by atoms with E-state index in [1.54, 1.807) is 13.2 Å². The molecule has 0 aromatic heterocycles. The Balaban J connectivity index is 2.38. The van der Waals surface area contributed by atoms with Gasteiger partial charge >= 0.3 is 0 Å². The van der Waals surface area contributed by atoms with Gasteiger partial charge in [-0.05, 0) is 18.7 Å². The number of methoxy groups -OCH3 is 1. The minimum atomic E-state index is -0.418. The molecule has 0 fully saturated rings. The zero-order valence-corrected chi connectivity index (χ0v) is 12.5. The van der Waals surface area contributed by atoms with Crippen molar-refractivity contribution in [1.29, 1.82) is 0 Å². The van der Waals surface area contributed by atoms with Crippen LogP contribution in [0.4, 0.5) is 5.69 Å². The lowest BCUT2D eigenvalue weighted by molar-refractivity contribution is -0.384. The molecule has 0 unspecified atom stereocenters. The van der Waals surface area contributed by atoms with Crippen molar-refractivity contribution < 1.29 is 9.66 Å². The van der Waals surface area contributed by atoms with E-state index in [0.717, 1.165) is 25.2 Å². The van der Waals surface area contributed by atoms with E-state index in [-0.39, 0.29) is 5.69 Å². The summed E-state index contributed by atoms with van der Waals surface area (Å²) in [7, 11) is 3.69. The number of hydrogen-bond donors (Lipinski definition) is 1. The number of non-ortho nitro benzene ring substituents is 1. The van der Waals surface area contributed by atoms with Gasteiger partial charge in [-0.25, -0.2) is 0 Å². The number of ether oxygens (including phenoxy) is 1. The Morgan fingerprint density at radius 2 is 2.20 bits per heavy atom. The molecule has 1 rings (SSSR count). The second-order valence-corrected chi connectivity index (χ2v) is 4.91. The summed E-state index contributed by atoms with van der Waals surface area (Å²) < 4.78 is 5.00. The van der Waals surface area contributed by atoms with Gasteiger partial charge in [-0.2, -0.15) is 0 Å². The molecular weight excluding hydrogens is 282 g/mol. The SMILES string of the molecule is COCCN(C)CCNCc1cc([N+](=O)[O-])ccc1Cl. The number of rotatable bonds is 9. The summed E-state index contributed by atoms with van der Waals surface area (Å²) in [6.07, 6.45) is 0. The molecule has 7 heteroatoms. The van der Waals surface area contributed by atoms with Crippen LogP contribution < -0.4 is 5.32 Å². The monoisotopic (exact) mass is 301 g/mol. The molecule has 0 saturated carbocycles. The highest BCUT2D eigenvalue weighted by atomic mass is 35.5. The van der Waals surface area contributed by atoms with Crippen molar-refractivity contribution in [3.63, 3.8) is 0 Å². The Kier molecular flexibility index (Phi) is 7.46. The number of benzene rings is 1. The van der Waals surface area contributed by atoms with Gasteiger partial charge in [-0.15, -0.1) is 0 Å². The molecule has 6 nitrogen and oxygen atoms in total. The molecule has 0 bridgehead atoms. The van der Waals surface area contributed by atoms with Crippen LogP contribution in [-0.2, 0) is 11.3 Å². The predicted molar refractivity (Wildman–Crippen MR) is 79.2 cm³/mol. The molecule has 1 N–H and O–H groups in total. The van der Waals surface area contributed by atoms with Gasteiger partial charge in [0.1, 0.15) is 0 Å². The van der Waals surface area contributed by atoms with Crippen LogP contribution in [0.3, 0.4) is 0 Å². The number of nitrogens with zero attached hydrogens (tertiary/aromatic N) is 2. The highest BCUT2D eigenvalue weighted by Crippen LogP contribution is 2.21. The first kappa shape index (κ1) is 16.8. The second kappa shape index (κ2) is 8.86. The fraction of sp³-hybridized carbons (Fsp3) is 0.538. The molecule has 20 heavy (non-hydrogen) atoms. The third-order valence-corrected chi connectivity index (χ3v) is 3.27. The van der Waals surface area contributed by atoms with Crippen LogP contribution >= 0.6 is 11.6 Å². The minimum absolute atomic E-state index is 0.0587. The molecule has 0 aliphatic rings. The first-order valence-corrected chi connectivity index (χ1v) is 6.73. The zero-order valence-electron chi connectivity index (χ0n) is 11.8. The molecule has 0 amide bonds. The molecule has 0 aliphatic heterocycles. The standard InChI is InChI=1S/C13H20ClN3O3/c1-16(7-8-20-2)6-5-15-10-11-9-12(17(18)19)3-4-13(11)14/h3-4,9,15H,5-8,10H2,1-2H3. The molecular formula is C13H20ClN3O3. The zero-order chi connectivity index (χ0) is 15.0. The Morgan fingerprint density at radius 3 is 2.85 bits per heavy atom. The predicted octanol–water partition coefficient (Wildman–Crippen LogP) is 1.92. The van der Waals surface area contributed by atoms with Gasteiger partial charge < -0.3 is 15.0 Å². The van der Waals surface area contributed by atoms with Gasteiger partial charge in [0.15, 0.2) is 0 Å². The van der Waals surface area contributed by atoms with Gasteiger partial charge in [0, 0.05) is 50.4 Å². The molecule has 1 aromatic rings. The molecule has 0 aliphatic carbocycles. The minimum Gasteiger partial charge on any atom is -0.383 e.